The summed E-state index contributed by atoms with van der Waals surface area (Å²) in [7, 11) is 0. The standard InChI is InChI=1S/C20H22N2/c1-6-12-22(13-7-1)15-17-14-16-8-2-4-10-19(16)21-20-11-5-3-9-18(17)20/h2-5,8-11,14,21H,1,6-7,12-13,15H2. The Morgan fingerprint density at radius 1 is 0.818 bits per heavy atom. The molecule has 0 aliphatic carbocycles. The molecule has 4 rings (SSSR count). The fraction of sp³-hybridized carbons (Fsp3) is 0.300. The summed E-state index contributed by atoms with van der Waals surface area (Å²) in [6, 6.07) is 17.2. The number of anilines is 2. The van der Waals surface area contributed by atoms with Gasteiger partial charge in [-0.3, -0.25) is 4.90 Å². The number of rotatable bonds is 2. The van der Waals surface area contributed by atoms with Crippen molar-refractivity contribution >= 4 is 23.0 Å². The van der Waals surface area contributed by atoms with Crippen LogP contribution in [0.15, 0.2) is 48.5 Å². The second kappa shape index (κ2) is 5.98. The van der Waals surface area contributed by atoms with E-state index in [2.05, 4.69) is 64.8 Å². The van der Waals surface area contributed by atoms with Crippen molar-refractivity contribution in [3.8, 4) is 0 Å². The van der Waals surface area contributed by atoms with Crippen molar-refractivity contribution in [2.45, 2.75) is 19.3 Å². The Morgan fingerprint density at radius 3 is 2.41 bits per heavy atom. The van der Waals surface area contributed by atoms with Gasteiger partial charge in [-0.1, -0.05) is 42.8 Å². The van der Waals surface area contributed by atoms with Gasteiger partial charge in [-0.2, -0.15) is 0 Å². The van der Waals surface area contributed by atoms with E-state index in [0.29, 0.717) is 0 Å². The van der Waals surface area contributed by atoms with Gasteiger partial charge in [0, 0.05) is 23.5 Å². The van der Waals surface area contributed by atoms with Gasteiger partial charge in [0.25, 0.3) is 0 Å². The molecule has 1 fully saturated rings. The minimum Gasteiger partial charge on any atom is -0.355 e. The third kappa shape index (κ3) is 2.67. The molecule has 0 amide bonds. The highest BCUT2D eigenvalue weighted by molar-refractivity contribution is 5.94. The highest BCUT2D eigenvalue weighted by Gasteiger charge is 2.17. The maximum absolute atomic E-state index is 3.60. The summed E-state index contributed by atoms with van der Waals surface area (Å²) in [6.07, 6.45) is 6.42. The van der Waals surface area contributed by atoms with Crippen LogP contribution < -0.4 is 5.32 Å². The van der Waals surface area contributed by atoms with Crippen molar-refractivity contribution in [2.75, 3.05) is 25.0 Å². The van der Waals surface area contributed by atoms with Crippen molar-refractivity contribution < 1.29 is 0 Å². The van der Waals surface area contributed by atoms with E-state index in [1.807, 2.05) is 0 Å². The SMILES string of the molecule is C1=C(CN2CCCCC2)c2ccccc2Nc2ccccc21. The molecule has 22 heavy (non-hydrogen) atoms. The molecule has 1 saturated heterocycles. The molecule has 0 atom stereocenters. The van der Waals surface area contributed by atoms with Gasteiger partial charge < -0.3 is 5.32 Å². The first-order chi connectivity index (χ1) is 10.9. The van der Waals surface area contributed by atoms with Gasteiger partial charge in [-0.25, -0.2) is 0 Å². The van der Waals surface area contributed by atoms with Crippen molar-refractivity contribution in [1.29, 1.82) is 0 Å². The molecule has 112 valence electrons. The molecule has 0 unspecified atom stereocenters. The van der Waals surface area contributed by atoms with Crippen molar-refractivity contribution in [3.05, 3.63) is 59.7 Å². The minimum atomic E-state index is 1.05. The summed E-state index contributed by atoms with van der Waals surface area (Å²) >= 11 is 0. The van der Waals surface area contributed by atoms with Gasteiger partial charge in [0.15, 0.2) is 0 Å². The van der Waals surface area contributed by atoms with Crippen LogP contribution in [0.3, 0.4) is 0 Å². The fourth-order valence-electron chi connectivity index (χ4n) is 3.51. The summed E-state index contributed by atoms with van der Waals surface area (Å²) in [6.45, 7) is 3.51. The molecule has 2 aromatic carbocycles. The van der Waals surface area contributed by atoms with Crippen LogP contribution in [0.5, 0.6) is 0 Å². The van der Waals surface area contributed by atoms with Crippen LogP contribution in [0.4, 0.5) is 11.4 Å². The molecule has 0 spiro atoms. The first kappa shape index (κ1) is 13.6. The van der Waals surface area contributed by atoms with Gasteiger partial charge in [-0.15, -0.1) is 0 Å². The number of benzene rings is 2. The van der Waals surface area contributed by atoms with E-state index in [0.717, 1.165) is 6.54 Å². The number of nitrogens with one attached hydrogen (secondary N) is 1. The van der Waals surface area contributed by atoms with Crippen LogP contribution >= 0.6 is 0 Å². The number of piperidine rings is 1. The van der Waals surface area contributed by atoms with Crippen LogP contribution in [0.1, 0.15) is 30.4 Å². The lowest BCUT2D eigenvalue weighted by Crippen LogP contribution is -2.31. The Labute approximate surface area is 132 Å². The molecule has 0 radical (unpaired) electrons. The third-order valence-electron chi connectivity index (χ3n) is 4.68. The predicted molar refractivity (Wildman–Crippen MR) is 94.3 cm³/mol. The molecule has 1 N–H and O–H groups in total. The van der Waals surface area contributed by atoms with Gasteiger partial charge in [0.2, 0.25) is 0 Å². The maximum atomic E-state index is 3.60. The van der Waals surface area contributed by atoms with E-state index in [1.165, 1.54) is 60.4 Å². The van der Waals surface area contributed by atoms with Gasteiger partial charge in [-0.05, 0) is 55.3 Å². The van der Waals surface area contributed by atoms with E-state index in [4.69, 9.17) is 0 Å². The summed E-state index contributed by atoms with van der Waals surface area (Å²) in [4.78, 5) is 2.60. The molecular formula is C20H22N2. The number of hydrogen-bond acceptors (Lipinski definition) is 2. The van der Waals surface area contributed by atoms with Gasteiger partial charge in [0.05, 0.1) is 0 Å². The molecule has 2 aromatic rings. The molecule has 0 bridgehead atoms. The van der Waals surface area contributed by atoms with E-state index in [9.17, 15) is 0 Å². The largest absolute Gasteiger partial charge is 0.355 e. The number of likely N-dealkylation sites (tertiary alicyclic amines) is 1. The second-order valence-electron chi connectivity index (χ2n) is 6.26. The summed E-state index contributed by atoms with van der Waals surface area (Å²) in [5, 5.41) is 3.60. The smallest absolute Gasteiger partial charge is 0.0461 e. The summed E-state index contributed by atoms with van der Waals surface area (Å²) in [5.41, 5.74) is 6.46. The Balaban J connectivity index is 1.74. The number of hydrogen-bond donors (Lipinski definition) is 1. The zero-order valence-electron chi connectivity index (χ0n) is 12.9. The van der Waals surface area contributed by atoms with Gasteiger partial charge >= 0.3 is 0 Å². The zero-order chi connectivity index (χ0) is 14.8. The van der Waals surface area contributed by atoms with Crippen molar-refractivity contribution in [3.63, 3.8) is 0 Å². The highest BCUT2D eigenvalue weighted by Crippen LogP contribution is 2.35. The maximum Gasteiger partial charge on any atom is 0.0461 e. The molecule has 2 aliphatic heterocycles. The molecule has 2 heterocycles. The highest BCUT2D eigenvalue weighted by atomic mass is 15.1. The Kier molecular flexibility index (Phi) is 3.69. The molecule has 2 nitrogen and oxygen atoms in total. The first-order valence-corrected chi connectivity index (χ1v) is 8.28. The van der Waals surface area contributed by atoms with Crippen LogP contribution in [0.25, 0.3) is 11.6 Å². The topological polar surface area (TPSA) is 15.3 Å². The fourth-order valence-corrected chi connectivity index (χ4v) is 3.51. The minimum absolute atomic E-state index is 1.05. The zero-order valence-corrected chi connectivity index (χ0v) is 12.9. The van der Waals surface area contributed by atoms with Crippen LogP contribution in [0, 0.1) is 0 Å². The van der Waals surface area contributed by atoms with Crippen LogP contribution in [-0.2, 0) is 0 Å². The van der Waals surface area contributed by atoms with Crippen LogP contribution in [-0.4, -0.2) is 24.5 Å². The number of fused-ring (bicyclic) bond motifs is 2. The molecule has 0 aromatic heterocycles. The lowest BCUT2D eigenvalue weighted by molar-refractivity contribution is 0.255. The Bertz CT molecular complexity index is 696. The van der Waals surface area contributed by atoms with E-state index < -0.39 is 0 Å². The third-order valence-corrected chi connectivity index (χ3v) is 4.68. The van der Waals surface area contributed by atoms with Crippen molar-refractivity contribution in [1.82, 2.24) is 4.90 Å². The van der Waals surface area contributed by atoms with E-state index in [-0.39, 0.29) is 0 Å². The average Bonchev–Trinajstić information content (AvgIpc) is 2.72. The number of para-hydroxylation sites is 2. The monoisotopic (exact) mass is 290 g/mol. The molecule has 2 aliphatic rings. The van der Waals surface area contributed by atoms with E-state index >= 15 is 0 Å². The second-order valence-corrected chi connectivity index (χ2v) is 6.26. The van der Waals surface area contributed by atoms with E-state index in [1.54, 1.807) is 0 Å². The first-order valence-electron chi connectivity index (χ1n) is 8.28. The lowest BCUT2D eigenvalue weighted by atomic mass is 10.0. The van der Waals surface area contributed by atoms with Crippen molar-refractivity contribution in [2.24, 2.45) is 0 Å². The molecular weight excluding hydrogens is 268 g/mol. The summed E-state index contributed by atoms with van der Waals surface area (Å²) < 4.78 is 0. The molecule has 2 heteroatoms. The summed E-state index contributed by atoms with van der Waals surface area (Å²) in [5.74, 6) is 0. The van der Waals surface area contributed by atoms with Gasteiger partial charge in [0.1, 0.15) is 0 Å². The predicted octanol–water partition coefficient (Wildman–Crippen LogP) is 4.77. The Hall–Kier alpha value is -2.06. The average molecular weight is 290 g/mol. The number of nitrogens with zero attached hydrogens (tertiary/aromatic N) is 1. The normalized spacial score (nSPS) is 17.7. The Morgan fingerprint density at radius 2 is 1.55 bits per heavy atom. The lowest BCUT2D eigenvalue weighted by Gasteiger charge is -2.27. The quantitative estimate of drug-likeness (QED) is 0.857. The van der Waals surface area contributed by atoms with Crippen LogP contribution in [0.2, 0.25) is 0 Å². The molecule has 0 saturated carbocycles.